The SMILES string of the molecule is Cc1ccc2ncccc2c1-c1nccn1CCC1CCCCN1S(C)(=O)=O. The second kappa shape index (κ2) is 7.64. The molecule has 1 unspecified atom stereocenters. The second-order valence-electron chi connectivity index (χ2n) is 7.58. The van der Waals surface area contributed by atoms with Gasteiger partial charge in [-0.25, -0.2) is 13.4 Å². The summed E-state index contributed by atoms with van der Waals surface area (Å²) in [5.41, 5.74) is 3.20. The molecule has 3 aromatic rings. The first-order valence-electron chi connectivity index (χ1n) is 9.78. The molecule has 0 radical (unpaired) electrons. The van der Waals surface area contributed by atoms with Crippen molar-refractivity contribution in [2.75, 3.05) is 12.8 Å². The van der Waals surface area contributed by atoms with Gasteiger partial charge in [0.2, 0.25) is 10.0 Å². The maximum absolute atomic E-state index is 12.1. The standard InChI is InChI=1S/C21H26N4O2S/c1-16-8-9-19-18(7-5-11-22-19)20(16)21-23-12-15-24(21)14-10-17-6-3-4-13-25(17)28(2,26)27/h5,7-9,11-12,15,17H,3-4,6,10,13-14H2,1-2H3. The predicted molar refractivity (Wildman–Crippen MR) is 112 cm³/mol. The van der Waals surface area contributed by atoms with E-state index in [0.717, 1.165) is 60.1 Å². The van der Waals surface area contributed by atoms with Crippen LogP contribution >= 0.6 is 0 Å². The van der Waals surface area contributed by atoms with Crippen molar-refractivity contribution in [1.29, 1.82) is 0 Å². The van der Waals surface area contributed by atoms with E-state index in [1.165, 1.54) is 6.26 Å². The van der Waals surface area contributed by atoms with E-state index >= 15 is 0 Å². The molecule has 0 spiro atoms. The molecule has 0 bridgehead atoms. The van der Waals surface area contributed by atoms with Gasteiger partial charge < -0.3 is 4.57 Å². The van der Waals surface area contributed by atoms with Gasteiger partial charge >= 0.3 is 0 Å². The van der Waals surface area contributed by atoms with E-state index < -0.39 is 10.0 Å². The van der Waals surface area contributed by atoms with Crippen molar-refractivity contribution in [2.45, 2.75) is 45.2 Å². The third kappa shape index (κ3) is 3.69. The highest BCUT2D eigenvalue weighted by Gasteiger charge is 2.29. The molecule has 0 aliphatic carbocycles. The Hall–Kier alpha value is -2.25. The average molecular weight is 399 g/mol. The number of sulfonamides is 1. The van der Waals surface area contributed by atoms with Crippen LogP contribution in [-0.4, -0.2) is 46.1 Å². The monoisotopic (exact) mass is 398 g/mol. The quantitative estimate of drug-likeness (QED) is 0.658. The molecular weight excluding hydrogens is 372 g/mol. The van der Waals surface area contributed by atoms with Gasteiger partial charge in [-0.15, -0.1) is 0 Å². The Kier molecular flexibility index (Phi) is 5.21. The fourth-order valence-electron chi connectivity index (χ4n) is 4.26. The van der Waals surface area contributed by atoms with Crippen LogP contribution in [0.1, 0.15) is 31.2 Å². The number of pyridine rings is 1. The molecule has 148 valence electrons. The molecule has 3 heterocycles. The summed E-state index contributed by atoms with van der Waals surface area (Å²) in [6.07, 6.45) is 10.7. The van der Waals surface area contributed by atoms with E-state index in [1.54, 1.807) is 10.5 Å². The number of imidazole rings is 1. The Morgan fingerprint density at radius 1 is 1.14 bits per heavy atom. The first-order chi connectivity index (χ1) is 13.4. The van der Waals surface area contributed by atoms with Crippen LogP contribution in [0, 0.1) is 6.92 Å². The molecule has 6 nitrogen and oxygen atoms in total. The van der Waals surface area contributed by atoms with Crippen LogP contribution in [0.15, 0.2) is 42.9 Å². The third-order valence-electron chi connectivity index (χ3n) is 5.63. The lowest BCUT2D eigenvalue weighted by atomic mass is 10.0. The predicted octanol–water partition coefficient (Wildman–Crippen LogP) is 3.61. The lowest BCUT2D eigenvalue weighted by Gasteiger charge is -2.33. The Labute approximate surface area is 166 Å². The molecule has 1 aliphatic heterocycles. The highest BCUT2D eigenvalue weighted by molar-refractivity contribution is 7.88. The molecule has 1 aromatic carbocycles. The summed E-state index contributed by atoms with van der Waals surface area (Å²) in [6, 6.07) is 8.21. The van der Waals surface area contributed by atoms with Crippen LogP contribution in [0.25, 0.3) is 22.3 Å². The van der Waals surface area contributed by atoms with Gasteiger partial charge in [-0.2, -0.15) is 4.31 Å². The number of nitrogens with zero attached hydrogens (tertiary/aromatic N) is 4. The molecule has 0 amide bonds. The van der Waals surface area contributed by atoms with Crippen LogP contribution in [0.5, 0.6) is 0 Å². The molecule has 1 saturated heterocycles. The zero-order valence-electron chi connectivity index (χ0n) is 16.4. The average Bonchev–Trinajstić information content (AvgIpc) is 3.14. The maximum atomic E-state index is 12.1. The smallest absolute Gasteiger partial charge is 0.211 e. The molecule has 2 aromatic heterocycles. The topological polar surface area (TPSA) is 68.1 Å². The van der Waals surface area contributed by atoms with E-state index in [2.05, 4.69) is 33.6 Å². The third-order valence-corrected chi connectivity index (χ3v) is 6.97. The second-order valence-corrected chi connectivity index (χ2v) is 9.52. The van der Waals surface area contributed by atoms with Crippen molar-refractivity contribution < 1.29 is 8.42 Å². The molecule has 0 N–H and O–H groups in total. The van der Waals surface area contributed by atoms with Gasteiger partial charge in [0.15, 0.2) is 0 Å². The van der Waals surface area contributed by atoms with Crippen LogP contribution in [-0.2, 0) is 16.6 Å². The highest BCUT2D eigenvalue weighted by Crippen LogP contribution is 2.31. The summed E-state index contributed by atoms with van der Waals surface area (Å²) in [5.74, 6) is 0.915. The summed E-state index contributed by atoms with van der Waals surface area (Å²) in [7, 11) is -3.16. The minimum absolute atomic E-state index is 0.0641. The van der Waals surface area contributed by atoms with Crippen molar-refractivity contribution in [3.8, 4) is 11.4 Å². The van der Waals surface area contributed by atoms with Gasteiger partial charge in [0.25, 0.3) is 0 Å². The number of fused-ring (bicyclic) bond motifs is 1. The molecular formula is C21H26N4O2S. The normalized spacial score (nSPS) is 18.6. The Morgan fingerprint density at radius 3 is 2.82 bits per heavy atom. The molecule has 7 heteroatoms. The molecule has 4 rings (SSSR count). The van der Waals surface area contributed by atoms with E-state index in [-0.39, 0.29) is 6.04 Å². The van der Waals surface area contributed by atoms with Gasteiger partial charge in [-0.3, -0.25) is 4.98 Å². The minimum atomic E-state index is -3.16. The number of piperidine rings is 1. The fourth-order valence-corrected chi connectivity index (χ4v) is 5.48. The number of benzene rings is 1. The van der Waals surface area contributed by atoms with Gasteiger partial charge in [-0.05, 0) is 43.9 Å². The van der Waals surface area contributed by atoms with Crippen molar-refractivity contribution in [1.82, 2.24) is 18.8 Å². The van der Waals surface area contributed by atoms with E-state index in [9.17, 15) is 8.42 Å². The largest absolute Gasteiger partial charge is 0.331 e. The highest BCUT2D eigenvalue weighted by atomic mass is 32.2. The Bertz CT molecular complexity index is 1090. The van der Waals surface area contributed by atoms with E-state index in [4.69, 9.17) is 0 Å². The Balaban J connectivity index is 1.63. The first-order valence-corrected chi connectivity index (χ1v) is 11.6. The van der Waals surface area contributed by atoms with E-state index in [1.807, 2.05) is 24.5 Å². The summed E-state index contributed by atoms with van der Waals surface area (Å²) in [4.78, 5) is 9.10. The van der Waals surface area contributed by atoms with Gasteiger partial charge in [0, 0.05) is 48.7 Å². The summed E-state index contributed by atoms with van der Waals surface area (Å²) >= 11 is 0. The summed E-state index contributed by atoms with van der Waals surface area (Å²) < 4.78 is 28.1. The summed E-state index contributed by atoms with van der Waals surface area (Å²) in [6.45, 7) is 3.46. The lowest BCUT2D eigenvalue weighted by Crippen LogP contribution is -2.43. The van der Waals surface area contributed by atoms with Crippen molar-refractivity contribution >= 4 is 20.9 Å². The molecule has 0 saturated carbocycles. The van der Waals surface area contributed by atoms with Crippen molar-refractivity contribution in [3.05, 3.63) is 48.4 Å². The van der Waals surface area contributed by atoms with Gasteiger partial charge in [-0.1, -0.05) is 18.6 Å². The number of rotatable bonds is 5. The maximum Gasteiger partial charge on any atom is 0.211 e. The fraction of sp³-hybridized carbons (Fsp3) is 0.429. The number of hydrogen-bond acceptors (Lipinski definition) is 4. The van der Waals surface area contributed by atoms with Crippen LogP contribution in [0.4, 0.5) is 0 Å². The molecule has 1 fully saturated rings. The van der Waals surface area contributed by atoms with Crippen LogP contribution in [0.2, 0.25) is 0 Å². The van der Waals surface area contributed by atoms with Gasteiger partial charge in [0.05, 0.1) is 11.8 Å². The minimum Gasteiger partial charge on any atom is -0.331 e. The number of aromatic nitrogens is 3. The van der Waals surface area contributed by atoms with Crippen LogP contribution < -0.4 is 0 Å². The zero-order valence-corrected chi connectivity index (χ0v) is 17.2. The van der Waals surface area contributed by atoms with E-state index in [0.29, 0.717) is 6.54 Å². The zero-order chi connectivity index (χ0) is 19.7. The number of hydrogen-bond donors (Lipinski definition) is 0. The first kappa shape index (κ1) is 19.1. The van der Waals surface area contributed by atoms with Crippen molar-refractivity contribution in [2.24, 2.45) is 0 Å². The summed E-state index contributed by atoms with van der Waals surface area (Å²) in [5, 5.41) is 1.09. The van der Waals surface area contributed by atoms with Gasteiger partial charge in [0.1, 0.15) is 5.82 Å². The van der Waals surface area contributed by atoms with Crippen molar-refractivity contribution in [3.63, 3.8) is 0 Å². The van der Waals surface area contributed by atoms with Crippen LogP contribution in [0.3, 0.4) is 0 Å². The lowest BCUT2D eigenvalue weighted by molar-refractivity contribution is 0.235. The molecule has 28 heavy (non-hydrogen) atoms. The Morgan fingerprint density at radius 2 is 2.00 bits per heavy atom. The molecule has 1 aliphatic rings. The number of aryl methyl sites for hydroxylation is 2. The molecule has 1 atom stereocenters.